The van der Waals surface area contributed by atoms with E-state index in [4.69, 9.17) is 10.4 Å². The number of aromatic nitrogens is 2. The van der Waals surface area contributed by atoms with Gasteiger partial charge in [-0.3, -0.25) is 4.68 Å². The van der Waals surface area contributed by atoms with Crippen molar-refractivity contribution in [2.75, 3.05) is 0 Å². The van der Waals surface area contributed by atoms with E-state index in [-0.39, 0.29) is 11.4 Å². The fraction of sp³-hybridized carbons (Fsp3) is 0.158. The fourth-order valence-corrected chi connectivity index (χ4v) is 3.26. The summed E-state index contributed by atoms with van der Waals surface area (Å²) >= 11 is 0. The minimum atomic E-state index is -3.80. The van der Waals surface area contributed by atoms with E-state index in [9.17, 15) is 13.5 Å². The van der Waals surface area contributed by atoms with Crippen molar-refractivity contribution >= 4 is 10.0 Å². The summed E-state index contributed by atoms with van der Waals surface area (Å²) in [6, 6.07) is 15.4. The Bertz CT molecular complexity index is 1100. The summed E-state index contributed by atoms with van der Waals surface area (Å²) in [5.74, 6) is 0. The number of rotatable bonds is 5. The first-order valence-electron chi connectivity index (χ1n) is 8.12. The van der Waals surface area contributed by atoms with Crippen molar-refractivity contribution in [2.24, 2.45) is 5.14 Å². The number of primary sulfonamides is 1. The molecule has 1 atom stereocenters. The molecule has 0 radical (unpaired) electrons. The molecule has 0 bridgehead atoms. The third-order valence-corrected chi connectivity index (χ3v) is 5.10. The standard InChI is InChI=1S/C19H18N4O3S/c1-13-2-4-15(5-3-13)19(24)17-12-23(11-10-20)22-18(17)14-6-8-16(9-7-14)27(21,25)26/h2-9,12,19,24H,11H2,1H3,(H2,21,25,26). The molecule has 3 aromatic rings. The normalized spacial score (nSPS) is 12.5. The van der Waals surface area contributed by atoms with E-state index >= 15 is 0 Å². The lowest BCUT2D eigenvalue weighted by Crippen LogP contribution is -2.11. The van der Waals surface area contributed by atoms with Gasteiger partial charge in [0.1, 0.15) is 12.6 Å². The first-order valence-corrected chi connectivity index (χ1v) is 9.66. The van der Waals surface area contributed by atoms with E-state index in [1.165, 1.54) is 16.8 Å². The molecule has 1 heterocycles. The van der Waals surface area contributed by atoms with Crippen LogP contribution in [0.5, 0.6) is 0 Å². The molecular formula is C19H18N4O3S. The van der Waals surface area contributed by atoms with Gasteiger partial charge in [0.05, 0.1) is 16.7 Å². The number of aliphatic hydroxyl groups excluding tert-OH is 1. The van der Waals surface area contributed by atoms with Gasteiger partial charge in [-0.2, -0.15) is 10.4 Å². The minimum absolute atomic E-state index is 0.0108. The SMILES string of the molecule is Cc1ccc(C(O)c2cn(CC#N)nc2-c2ccc(S(N)(=O)=O)cc2)cc1. The Balaban J connectivity index is 2.07. The molecule has 8 heteroatoms. The van der Waals surface area contributed by atoms with Crippen LogP contribution in [0.3, 0.4) is 0 Å². The Hall–Kier alpha value is -2.99. The molecule has 1 unspecified atom stereocenters. The minimum Gasteiger partial charge on any atom is -0.384 e. The van der Waals surface area contributed by atoms with Gasteiger partial charge in [0, 0.05) is 17.3 Å². The smallest absolute Gasteiger partial charge is 0.238 e. The van der Waals surface area contributed by atoms with Crippen LogP contribution in [0.15, 0.2) is 59.6 Å². The zero-order valence-electron chi connectivity index (χ0n) is 14.6. The summed E-state index contributed by atoms with van der Waals surface area (Å²) in [4.78, 5) is -0.0108. The number of nitrogens with zero attached hydrogens (tertiary/aromatic N) is 3. The molecule has 0 aliphatic carbocycles. The number of nitriles is 1. The Morgan fingerprint density at radius 3 is 2.37 bits per heavy atom. The Kier molecular flexibility index (Phi) is 5.10. The summed E-state index contributed by atoms with van der Waals surface area (Å²) < 4.78 is 24.3. The van der Waals surface area contributed by atoms with E-state index in [2.05, 4.69) is 5.10 Å². The van der Waals surface area contributed by atoms with Crippen molar-refractivity contribution in [3.8, 4) is 17.3 Å². The lowest BCUT2D eigenvalue weighted by atomic mass is 9.98. The van der Waals surface area contributed by atoms with Gasteiger partial charge < -0.3 is 5.11 Å². The Labute approximate surface area is 157 Å². The van der Waals surface area contributed by atoms with Gasteiger partial charge in [-0.15, -0.1) is 0 Å². The van der Waals surface area contributed by atoms with Crippen LogP contribution in [0, 0.1) is 18.3 Å². The molecule has 0 amide bonds. The van der Waals surface area contributed by atoms with Crippen LogP contribution in [0.25, 0.3) is 11.3 Å². The highest BCUT2D eigenvalue weighted by Crippen LogP contribution is 2.31. The first-order chi connectivity index (χ1) is 12.8. The molecule has 3 N–H and O–H groups in total. The average Bonchev–Trinajstić information content (AvgIpc) is 3.05. The number of nitrogens with two attached hydrogens (primary N) is 1. The quantitative estimate of drug-likeness (QED) is 0.700. The largest absolute Gasteiger partial charge is 0.384 e. The maximum atomic E-state index is 11.4. The highest BCUT2D eigenvalue weighted by molar-refractivity contribution is 7.89. The van der Waals surface area contributed by atoms with Crippen LogP contribution in [-0.4, -0.2) is 23.3 Å². The second-order valence-corrected chi connectivity index (χ2v) is 7.73. The maximum absolute atomic E-state index is 11.4. The summed E-state index contributed by atoms with van der Waals surface area (Å²) in [5, 5.41) is 29.3. The molecule has 0 spiro atoms. The van der Waals surface area contributed by atoms with E-state index < -0.39 is 16.1 Å². The topological polar surface area (TPSA) is 122 Å². The average molecular weight is 382 g/mol. The highest BCUT2D eigenvalue weighted by Gasteiger charge is 2.20. The second kappa shape index (κ2) is 7.32. The molecule has 0 aliphatic rings. The van der Waals surface area contributed by atoms with Crippen LogP contribution >= 0.6 is 0 Å². The highest BCUT2D eigenvalue weighted by atomic mass is 32.2. The number of sulfonamides is 1. The van der Waals surface area contributed by atoms with Gasteiger partial charge >= 0.3 is 0 Å². The van der Waals surface area contributed by atoms with E-state index in [1.54, 1.807) is 18.3 Å². The van der Waals surface area contributed by atoms with Crippen molar-refractivity contribution in [1.29, 1.82) is 5.26 Å². The predicted octanol–water partition coefficient (Wildman–Crippen LogP) is 2.11. The zero-order valence-corrected chi connectivity index (χ0v) is 15.4. The molecule has 0 saturated heterocycles. The van der Waals surface area contributed by atoms with Gasteiger partial charge in [-0.1, -0.05) is 42.0 Å². The van der Waals surface area contributed by atoms with Crippen molar-refractivity contribution in [3.63, 3.8) is 0 Å². The first kappa shape index (κ1) is 18.8. The summed E-state index contributed by atoms with van der Waals surface area (Å²) in [6.45, 7) is 1.99. The number of benzene rings is 2. The number of aliphatic hydroxyl groups is 1. The Morgan fingerprint density at radius 1 is 1.19 bits per heavy atom. The molecule has 7 nitrogen and oxygen atoms in total. The molecule has 1 aromatic heterocycles. The number of hydrogen-bond donors (Lipinski definition) is 2. The van der Waals surface area contributed by atoms with Crippen LogP contribution in [0.1, 0.15) is 22.8 Å². The monoisotopic (exact) mass is 382 g/mol. The molecule has 0 fully saturated rings. The summed E-state index contributed by atoms with van der Waals surface area (Å²) in [7, 11) is -3.80. The predicted molar refractivity (Wildman–Crippen MR) is 99.9 cm³/mol. The molecule has 0 aliphatic heterocycles. The summed E-state index contributed by atoms with van der Waals surface area (Å²) in [6.07, 6.45) is 0.683. The molecule has 0 saturated carbocycles. The van der Waals surface area contributed by atoms with Crippen LogP contribution in [0.2, 0.25) is 0 Å². The van der Waals surface area contributed by atoms with Gasteiger partial charge in [0.25, 0.3) is 0 Å². The van der Waals surface area contributed by atoms with Crippen molar-refractivity contribution in [2.45, 2.75) is 24.5 Å². The fourth-order valence-electron chi connectivity index (χ4n) is 2.75. The van der Waals surface area contributed by atoms with E-state index in [1.807, 2.05) is 37.3 Å². The Morgan fingerprint density at radius 2 is 1.81 bits per heavy atom. The van der Waals surface area contributed by atoms with Crippen LogP contribution in [0.4, 0.5) is 0 Å². The van der Waals surface area contributed by atoms with Crippen molar-refractivity contribution < 1.29 is 13.5 Å². The van der Waals surface area contributed by atoms with E-state index in [0.29, 0.717) is 22.4 Å². The molecule has 2 aromatic carbocycles. The number of hydrogen-bond acceptors (Lipinski definition) is 5. The van der Waals surface area contributed by atoms with E-state index in [0.717, 1.165) is 5.56 Å². The third kappa shape index (κ3) is 4.06. The van der Waals surface area contributed by atoms with Crippen LogP contribution < -0.4 is 5.14 Å². The van der Waals surface area contributed by atoms with Crippen molar-refractivity contribution in [3.05, 3.63) is 71.4 Å². The molecule has 3 rings (SSSR count). The molecule has 138 valence electrons. The van der Waals surface area contributed by atoms with Crippen molar-refractivity contribution in [1.82, 2.24) is 9.78 Å². The lowest BCUT2D eigenvalue weighted by Gasteiger charge is -2.12. The zero-order chi connectivity index (χ0) is 19.6. The van der Waals surface area contributed by atoms with Gasteiger partial charge in [-0.05, 0) is 24.6 Å². The molecule has 27 heavy (non-hydrogen) atoms. The summed E-state index contributed by atoms with van der Waals surface area (Å²) in [5.41, 5.74) is 3.38. The lowest BCUT2D eigenvalue weighted by molar-refractivity contribution is 0.220. The van der Waals surface area contributed by atoms with Crippen LogP contribution in [-0.2, 0) is 16.6 Å². The van der Waals surface area contributed by atoms with Gasteiger partial charge in [0.2, 0.25) is 10.0 Å². The third-order valence-electron chi connectivity index (χ3n) is 4.17. The second-order valence-electron chi connectivity index (χ2n) is 6.17. The van der Waals surface area contributed by atoms with Gasteiger partial charge in [-0.25, -0.2) is 13.6 Å². The molecular weight excluding hydrogens is 364 g/mol. The number of aryl methyl sites for hydroxylation is 1. The maximum Gasteiger partial charge on any atom is 0.238 e. The van der Waals surface area contributed by atoms with Gasteiger partial charge in [0.15, 0.2) is 0 Å².